The molecular formula is C22H29N5O. The van der Waals surface area contributed by atoms with E-state index in [1.165, 1.54) is 11.3 Å². The molecule has 6 nitrogen and oxygen atoms in total. The number of nitrogens with zero attached hydrogens (tertiary/aromatic N) is 5. The van der Waals surface area contributed by atoms with Gasteiger partial charge in [-0.05, 0) is 37.7 Å². The summed E-state index contributed by atoms with van der Waals surface area (Å²) < 4.78 is 0. The summed E-state index contributed by atoms with van der Waals surface area (Å²) in [4.78, 5) is 26.2. The monoisotopic (exact) mass is 379 g/mol. The van der Waals surface area contributed by atoms with Gasteiger partial charge in [-0.15, -0.1) is 0 Å². The van der Waals surface area contributed by atoms with Gasteiger partial charge >= 0.3 is 0 Å². The highest BCUT2D eigenvalue weighted by molar-refractivity contribution is 5.94. The van der Waals surface area contributed by atoms with E-state index in [0.717, 1.165) is 58.0 Å². The van der Waals surface area contributed by atoms with Crippen molar-refractivity contribution in [3.8, 4) is 0 Å². The summed E-state index contributed by atoms with van der Waals surface area (Å²) in [6.45, 7) is 9.38. The third-order valence-electron chi connectivity index (χ3n) is 5.77. The number of carbonyl (C=O) groups excluding carboxylic acids is 1. The van der Waals surface area contributed by atoms with Crippen LogP contribution in [-0.4, -0.2) is 80.1 Å². The van der Waals surface area contributed by atoms with E-state index in [1.54, 1.807) is 6.20 Å². The lowest BCUT2D eigenvalue weighted by Gasteiger charge is -2.37. The van der Waals surface area contributed by atoms with Crippen LogP contribution in [0.1, 0.15) is 15.9 Å². The van der Waals surface area contributed by atoms with Crippen LogP contribution in [0.3, 0.4) is 0 Å². The predicted octanol–water partition coefficient (Wildman–Crippen LogP) is 2.10. The SMILES string of the molecule is Cc1cccc(N2CCN(c3cncc(C(=O)N4CCN(C)CC4)c3)CC2)c1. The highest BCUT2D eigenvalue weighted by Crippen LogP contribution is 2.22. The molecule has 0 spiro atoms. The maximum atomic E-state index is 12.9. The molecule has 0 unspecified atom stereocenters. The predicted molar refractivity (Wildman–Crippen MR) is 113 cm³/mol. The summed E-state index contributed by atoms with van der Waals surface area (Å²) in [6, 6.07) is 10.7. The van der Waals surface area contributed by atoms with Crippen molar-refractivity contribution >= 4 is 17.3 Å². The molecule has 2 aliphatic heterocycles. The number of likely N-dealkylation sites (N-methyl/N-ethyl adjacent to an activating group) is 1. The highest BCUT2D eigenvalue weighted by atomic mass is 16.2. The molecule has 2 aliphatic rings. The van der Waals surface area contributed by atoms with Gasteiger partial charge in [-0.3, -0.25) is 9.78 Å². The first kappa shape index (κ1) is 18.7. The normalized spacial score (nSPS) is 18.4. The number of rotatable bonds is 3. The smallest absolute Gasteiger partial charge is 0.255 e. The van der Waals surface area contributed by atoms with Crippen LogP contribution in [0.25, 0.3) is 0 Å². The zero-order valence-electron chi connectivity index (χ0n) is 16.8. The Morgan fingerprint density at radius 2 is 1.54 bits per heavy atom. The van der Waals surface area contributed by atoms with Gasteiger partial charge in [-0.2, -0.15) is 0 Å². The molecular weight excluding hydrogens is 350 g/mol. The number of piperazine rings is 2. The molecule has 2 fully saturated rings. The van der Waals surface area contributed by atoms with E-state index in [0.29, 0.717) is 5.56 Å². The van der Waals surface area contributed by atoms with Crippen LogP contribution in [0.2, 0.25) is 0 Å². The minimum atomic E-state index is 0.0980. The van der Waals surface area contributed by atoms with E-state index in [4.69, 9.17) is 0 Å². The standard InChI is InChI=1S/C22H29N5O/c1-18-4-3-5-20(14-18)25-10-12-26(13-11-25)21-15-19(16-23-17-21)22(28)27-8-6-24(2)7-9-27/h3-5,14-17H,6-13H2,1-2H3. The Morgan fingerprint density at radius 1 is 0.857 bits per heavy atom. The molecule has 2 saturated heterocycles. The summed E-state index contributed by atoms with van der Waals surface area (Å²) in [5.74, 6) is 0.0980. The molecule has 2 aromatic rings. The Labute approximate surface area is 167 Å². The van der Waals surface area contributed by atoms with Gasteiger partial charge in [0.1, 0.15) is 0 Å². The molecule has 0 radical (unpaired) electrons. The van der Waals surface area contributed by atoms with Gasteiger partial charge in [0.2, 0.25) is 0 Å². The first-order valence-corrected chi connectivity index (χ1v) is 10.1. The van der Waals surface area contributed by atoms with Gasteiger partial charge in [0.25, 0.3) is 5.91 Å². The Kier molecular flexibility index (Phi) is 5.48. The second-order valence-corrected chi connectivity index (χ2v) is 7.84. The van der Waals surface area contributed by atoms with Crippen molar-refractivity contribution < 1.29 is 4.79 Å². The van der Waals surface area contributed by atoms with Crippen LogP contribution < -0.4 is 9.80 Å². The van der Waals surface area contributed by atoms with Gasteiger partial charge < -0.3 is 19.6 Å². The number of aromatic nitrogens is 1. The van der Waals surface area contributed by atoms with E-state index in [2.05, 4.69) is 57.9 Å². The summed E-state index contributed by atoms with van der Waals surface area (Å²) in [6.07, 6.45) is 3.58. The number of aryl methyl sites for hydroxylation is 1. The van der Waals surface area contributed by atoms with Gasteiger partial charge in [-0.1, -0.05) is 12.1 Å². The number of benzene rings is 1. The zero-order chi connectivity index (χ0) is 19.5. The molecule has 6 heteroatoms. The maximum Gasteiger partial charge on any atom is 0.255 e. The summed E-state index contributed by atoms with van der Waals surface area (Å²) in [5, 5.41) is 0. The lowest BCUT2D eigenvalue weighted by molar-refractivity contribution is 0.0663. The molecule has 4 rings (SSSR count). The average molecular weight is 380 g/mol. The molecule has 0 atom stereocenters. The number of carbonyl (C=O) groups is 1. The molecule has 148 valence electrons. The molecule has 1 amide bonds. The van der Waals surface area contributed by atoms with E-state index >= 15 is 0 Å². The lowest BCUT2D eigenvalue weighted by atomic mass is 10.1. The van der Waals surface area contributed by atoms with E-state index in [-0.39, 0.29) is 5.91 Å². The second kappa shape index (κ2) is 8.19. The Morgan fingerprint density at radius 3 is 2.21 bits per heavy atom. The van der Waals surface area contributed by atoms with Gasteiger partial charge in [-0.25, -0.2) is 0 Å². The summed E-state index contributed by atoms with van der Waals surface area (Å²) >= 11 is 0. The lowest BCUT2D eigenvalue weighted by Crippen LogP contribution is -2.47. The number of hydrogen-bond acceptors (Lipinski definition) is 5. The van der Waals surface area contributed by atoms with Crippen LogP contribution in [0, 0.1) is 6.92 Å². The van der Waals surface area contributed by atoms with Crippen LogP contribution >= 0.6 is 0 Å². The molecule has 0 N–H and O–H groups in total. The molecule has 0 saturated carbocycles. The zero-order valence-corrected chi connectivity index (χ0v) is 16.8. The van der Waals surface area contributed by atoms with Crippen molar-refractivity contribution in [1.29, 1.82) is 0 Å². The van der Waals surface area contributed by atoms with Gasteiger partial charge in [0.15, 0.2) is 0 Å². The van der Waals surface area contributed by atoms with Crippen molar-refractivity contribution in [2.45, 2.75) is 6.92 Å². The Bertz CT molecular complexity index is 823. The first-order chi connectivity index (χ1) is 13.6. The van der Waals surface area contributed by atoms with Crippen molar-refractivity contribution in [3.63, 3.8) is 0 Å². The summed E-state index contributed by atoms with van der Waals surface area (Å²) in [7, 11) is 2.10. The highest BCUT2D eigenvalue weighted by Gasteiger charge is 2.22. The van der Waals surface area contributed by atoms with Crippen LogP contribution in [0.15, 0.2) is 42.7 Å². The van der Waals surface area contributed by atoms with E-state index < -0.39 is 0 Å². The van der Waals surface area contributed by atoms with Crippen molar-refractivity contribution in [2.24, 2.45) is 0 Å². The number of hydrogen-bond donors (Lipinski definition) is 0. The average Bonchev–Trinajstić information content (AvgIpc) is 2.74. The Balaban J connectivity index is 1.40. The topological polar surface area (TPSA) is 42.9 Å². The minimum Gasteiger partial charge on any atom is -0.368 e. The fourth-order valence-electron chi connectivity index (χ4n) is 3.96. The van der Waals surface area contributed by atoms with Crippen molar-refractivity contribution in [3.05, 3.63) is 53.9 Å². The quantitative estimate of drug-likeness (QED) is 0.817. The second-order valence-electron chi connectivity index (χ2n) is 7.84. The van der Waals surface area contributed by atoms with Gasteiger partial charge in [0, 0.05) is 64.2 Å². The molecule has 0 aliphatic carbocycles. The number of pyridine rings is 1. The molecule has 0 bridgehead atoms. The van der Waals surface area contributed by atoms with Gasteiger partial charge in [0.05, 0.1) is 17.4 Å². The van der Waals surface area contributed by atoms with Crippen LogP contribution in [0.4, 0.5) is 11.4 Å². The molecule has 1 aromatic heterocycles. The fourth-order valence-corrected chi connectivity index (χ4v) is 3.96. The largest absolute Gasteiger partial charge is 0.368 e. The third-order valence-corrected chi connectivity index (χ3v) is 5.77. The molecule has 1 aromatic carbocycles. The Hall–Kier alpha value is -2.60. The van der Waals surface area contributed by atoms with Crippen molar-refractivity contribution in [2.75, 3.05) is 69.2 Å². The summed E-state index contributed by atoms with van der Waals surface area (Å²) in [5.41, 5.74) is 4.32. The maximum absolute atomic E-state index is 12.9. The van der Waals surface area contributed by atoms with Crippen LogP contribution in [0.5, 0.6) is 0 Å². The van der Waals surface area contributed by atoms with E-state index in [1.807, 2.05) is 17.2 Å². The fraction of sp³-hybridized carbons (Fsp3) is 0.455. The molecule has 3 heterocycles. The third kappa shape index (κ3) is 4.12. The minimum absolute atomic E-state index is 0.0980. The van der Waals surface area contributed by atoms with Crippen LogP contribution in [-0.2, 0) is 0 Å². The number of amides is 1. The first-order valence-electron chi connectivity index (χ1n) is 10.1. The van der Waals surface area contributed by atoms with Crippen molar-refractivity contribution in [1.82, 2.24) is 14.8 Å². The number of anilines is 2. The van der Waals surface area contributed by atoms with E-state index in [9.17, 15) is 4.79 Å². The molecule has 28 heavy (non-hydrogen) atoms.